The van der Waals surface area contributed by atoms with Crippen LogP contribution in [0.2, 0.25) is 0 Å². The molecule has 0 spiro atoms. The van der Waals surface area contributed by atoms with Gasteiger partial charge < -0.3 is 19.4 Å². The van der Waals surface area contributed by atoms with Gasteiger partial charge >= 0.3 is 0 Å². The number of ether oxygens (including phenoxy) is 1. The molecule has 0 aliphatic carbocycles. The van der Waals surface area contributed by atoms with Gasteiger partial charge in [0.15, 0.2) is 5.65 Å². The zero-order valence-electron chi connectivity index (χ0n) is 23.3. The number of nitrogens with zero attached hydrogens (tertiary/aromatic N) is 7. The molecule has 2 aromatic heterocycles. The number of amidine groups is 1. The molecule has 2 aliphatic rings. The Morgan fingerprint density at radius 1 is 1.12 bits per heavy atom. The summed E-state index contributed by atoms with van der Waals surface area (Å²) >= 11 is 0. The highest BCUT2D eigenvalue weighted by molar-refractivity contribution is 7.89. The number of hydrogen-bond donors (Lipinski definition) is 1. The van der Waals surface area contributed by atoms with Gasteiger partial charge in [0.25, 0.3) is 5.91 Å². The van der Waals surface area contributed by atoms with Gasteiger partial charge in [-0.2, -0.15) is 5.10 Å². The van der Waals surface area contributed by atoms with Crippen LogP contribution in [0.3, 0.4) is 0 Å². The number of sulfonamides is 1. The summed E-state index contributed by atoms with van der Waals surface area (Å²) in [6.45, 7) is 7.32. The fourth-order valence-electron chi connectivity index (χ4n) is 4.77. The number of benzene rings is 1. The predicted molar refractivity (Wildman–Crippen MR) is 156 cm³/mol. The maximum absolute atomic E-state index is 13.1. The van der Waals surface area contributed by atoms with Crippen molar-refractivity contribution in [3.8, 4) is 5.69 Å². The van der Waals surface area contributed by atoms with Crippen LogP contribution < -0.4 is 14.5 Å². The molecular weight excluding hydrogens is 532 g/mol. The van der Waals surface area contributed by atoms with E-state index in [0.717, 1.165) is 47.6 Å². The van der Waals surface area contributed by atoms with Gasteiger partial charge in [0.1, 0.15) is 18.2 Å². The Labute approximate surface area is 234 Å². The summed E-state index contributed by atoms with van der Waals surface area (Å²) in [4.78, 5) is 28.5. The molecule has 1 N–H and O–H groups in total. The van der Waals surface area contributed by atoms with Crippen molar-refractivity contribution >= 4 is 44.2 Å². The van der Waals surface area contributed by atoms with Crippen molar-refractivity contribution in [2.45, 2.75) is 19.8 Å². The van der Waals surface area contributed by atoms with Gasteiger partial charge in [-0.05, 0) is 36.3 Å². The van der Waals surface area contributed by atoms with Gasteiger partial charge in [-0.1, -0.05) is 19.9 Å². The molecule has 0 radical (unpaired) electrons. The van der Waals surface area contributed by atoms with Gasteiger partial charge in [-0.3, -0.25) is 4.79 Å². The Morgan fingerprint density at radius 3 is 2.48 bits per heavy atom. The summed E-state index contributed by atoms with van der Waals surface area (Å²) in [5.41, 5.74) is 3.70. The second-order valence-electron chi connectivity index (χ2n) is 10.3. The smallest absolute Gasteiger partial charge is 0.283 e. The number of aliphatic imine (C=N–C) groups is 1. The molecule has 1 amide bonds. The molecule has 3 aromatic rings. The fraction of sp³-hybridized carbons (Fsp3) is 0.407. The molecule has 1 aromatic carbocycles. The average Bonchev–Trinajstić information content (AvgIpc) is 3.32. The average molecular weight is 567 g/mol. The van der Waals surface area contributed by atoms with Crippen LogP contribution in [-0.2, 0) is 14.8 Å². The molecular formula is C27H34N8O4S. The number of fused-ring (bicyclic) bond motifs is 1. The quantitative estimate of drug-likeness (QED) is 0.479. The van der Waals surface area contributed by atoms with E-state index < -0.39 is 15.9 Å². The van der Waals surface area contributed by atoms with E-state index >= 15 is 0 Å². The number of aromatic nitrogens is 3. The lowest BCUT2D eigenvalue weighted by Gasteiger charge is -2.29. The third-order valence-electron chi connectivity index (χ3n) is 6.71. The molecule has 0 bridgehead atoms. The second-order valence-corrected chi connectivity index (χ2v) is 12.1. The summed E-state index contributed by atoms with van der Waals surface area (Å²) in [5.74, 6) is 0.0402. The lowest BCUT2D eigenvalue weighted by molar-refractivity contribution is 0.0977. The third-order valence-corrected chi connectivity index (χ3v) is 7.26. The number of likely N-dealkylation sites (N-methyl/N-ethyl adjacent to an activating group) is 1. The van der Waals surface area contributed by atoms with Crippen molar-refractivity contribution in [3.63, 3.8) is 0 Å². The highest BCUT2D eigenvalue weighted by Crippen LogP contribution is 2.36. The number of anilines is 2. The van der Waals surface area contributed by atoms with Crippen molar-refractivity contribution in [2.24, 2.45) is 4.99 Å². The number of morpholine rings is 1. The molecule has 0 saturated carbocycles. The van der Waals surface area contributed by atoms with Crippen LogP contribution in [0.4, 0.5) is 11.4 Å². The van der Waals surface area contributed by atoms with Crippen molar-refractivity contribution < 1.29 is 17.9 Å². The fourth-order valence-corrected chi connectivity index (χ4v) is 5.21. The van der Waals surface area contributed by atoms with Crippen molar-refractivity contribution in [1.29, 1.82) is 0 Å². The summed E-state index contributed by atoms with van der Waals surface area (Å²) in [7, 11) is 0.0388. The number of rotatable bonds is 6. The van der Waals surface area contributed by atoms with E-state index in [4.69, 9.17) is 9.84 Å². The predicted octanol–water partition coefficient (Wildman–Crippen LogP) is 2.32. The number of hydrogen-bond acceptors (Lipinski definition) is 10. The second kappa shape index (κ2) is 10.9. The number of pyridine rings is 1. The molecule has 4 heterocycles. The normalized spacial score (nSPS) is 16.0. The highest BCUT2D eigenvalue weighted by atomic mass is 32.2. The molecule has 40 heavy (non-hydrogen) atoms. The molecule has 0 atom stereocenters. The van der Waals surface area contributed by atoms with E-state index in [2.05, 4.69) is 28.7 Å². The van der Waals surface area contributed by atoms with Crippen LogP contribution in [0.25, 0.3) is 16.7 Å². The topological polar surface area (TPSA) is 125 Å². The van der Waals surface area contributed by atoms with Crippen LogP contribution in [0.5, 0.6) is 0 Å². The molecule has 0 unspecified atom stereocenters. The summed E-state index contributed by atoms with van der Waals surface area (Å²) in [5, 5.41) is 5.76. The third kappa shape index (κ3) is 5.65. The number of carbonyl (C=O) groups is 1. The monoisotopic (exact) mass is 566 g/mol. The van der Waals surface area contributed by atoms with Crippen LogP contribution in [0.1, 0.15) is 35.9 Å². The molecule has 212 valence electrons. The molecule has 13 heteroatoms. The van der Waals surface area contributed by atoms with E-state index in [-0.39, 0.29) is 11.6 Å². The van der Waals surface area contributed by atoms with Gasteiger partial charge in [-0.15, -0.1) is 0 Å². The first-order valence-corrected chi connectivity index (χ1v) is 15.0. The SMILES string of the molecule is CC(C)c1nn(-c2cccc(N3CCOCC3)c2)c2nc(C(=O)NS(C)(=O)=O)cc(N3C=CC(N(C)C)=NC3)c12. The first-order chi connectivity index (χ1) is 19.0. The summed E-state index contributed by atoms with van der Waals surface area (Å²) < 4.78 is 33.1. The van der Waals surface area contributed by atoms with Gasteiger partial charge in [0, 0.05) is 39.1 Å². The van der Waals surface area contributed by atoms with E-state index in [1.54, 1.807) is 10.7 Å². The first kappa shape index (κ1) is 27.6. The summed E-state index contributed by atoms with van der Waals surface area (Å²) in [6, 6.07) is 9.60. The lowest BCUT2D eigenvalue weighted by Crippen LogP contribution is -2.36. The number of carbonyl (C=O) groups excluding carboxylic acids is 1. The Hall–Kier alpha value is -3.97. The van der Waals surface area contributed by atoms with Crippen molar-refractivity contribution in [2.75, 3.05) is 63.1 Å². The Balaban J connectivity index is 1.70. The largest absolute Gasteiger partial charge is 0.378 e. The van der Waals surface area contributed by atoms with Crippen LogP contribution >= 0.6 is 0 Å². The lowest BCUT2D eigenvalue weighted by atomic mass is 10.1. The van der Waals surface area contributed by atoms with Crippen LogP contribution in [0.15, 0.2) is 47.6 Å². The van der Waals surface area contributed by atoms with Crippen LogP contribution in [0, 0.1) is 0 Å². The Bertz CT molecular complexity index is 1600. The molecule has 2 aliphatic heterocycles. The van der Waals surface area contributed by atoms with E-state index in [9.17, 15) is 13.2 Å². The number of amides is 1. The maximum atomic E-state index is 13.1. The first-order valence-electron chi connectivity index (χ1n) is 13.1. The standard InChI is InChI=1S/C27H34N8O4S/c1-18(2)25-24-22(34-10-9-23(28-17-34)32(3)4)16-21(27(36)31-40(5,37)38)29-26(24)35(30-25)20-8-6-7-19(15-20)33-11-13-39-14-12-33/h6-10,15-16,18H,11-14,17H2,1-5H3,(H,31,36). The number of nitrogens with one attached hydrogen (secondary N) is 1. The van der Waals surface area contributed by atoms with Gasteiger partial charge in [-0.25, -0.2) is 27.8 Å². The zero-order chi connectivity index (χ0) is 28.6. The minimum Gasteiger partial charge on any atom is -0.378 e. The summed E-state index contributed by atoms with van der Waals surface area (Å²) in [6.07, 6.45) is 4.72. The minimum absolute atomic E-state index is 0.0375. The molecule has 1 saturated heterocycles. The molecule has 5 rings (SSSR count). The maximum Gasteiger partial charge on any atom is 0.283 e. The highest BCUT2D eigenvalue weighted by Gasteiger charge is 2.26. The van der Waals surface area contributed by atoms with Crippen molar-refractivity contribution in [1.82, 2.24) is 24.4 Å². The molecule has 1 fully saturated rings. The van der Waals surface area contributed by atoms with E-state index in [0.29, 0.717) is 31.2 Å². The Morgan fingerprint density at radius 2 is 1.85 bits per heavy atom. The van der Waals surface area contributed by atoms with Crippen LogP contribution in [-0.4, -0.2) is 93.1 Å². The minimum atomic E-state index is -3.80. The van der Waals surface area contributed by atoms with Crippen molar-refractivity contribution in [3.05, 3.63) is 54.0 Å². The van der Waals surface area contributed by atoms with Gasteiger partial charge in [0.2, 0.25) is 10.0 Å². The zero-order valence-corrected chi connectivity index (χ0v) is 24.1. The van der Waals surface area contributed by atoms with Gasteiger partial charge in [0.05, 0.1) is 41.9 Å². The molecule has 12 nitrogen and oxygen atoms in total. The van der Waals surface area contributed by atoms with E-state index in [1.165, 1.54) is 0 Å². The van der Waals surface area contributed by atoms with E-state index in [1.807, 2.05) is 65.2 Å². The Kier molecular flexibility index (Phi) is 7.51.